The number of anilines is 1. The molecule has 0 aliphatic carbocycles. The summed E-state index contributed by atoms with van der Waals surface area (Å²) < 4.78 is 5.85. The number of rotatable bonds is 5. The third-order valence-electron chi connectivity index (χ3n) is 5.87. The Labute approximate surface area is 163 Å². The summed E-state index contributed by atoms with van der Waals surface area (Å²) in [4.78, 5) is 4.83. The number of morpholine rings is 1. The average Bonchev–Trinajstić information content (AvgIpc) is 2.66. The van der Waals surface area contributed by atoms with Crippen LogP contribution in [0.5, 0.6) is 0 Å². The Morgan fingerprint density at radius 1 is 1.07 bits per heavy atom. The lowest BCUT2D eigenvalue weighted by molar-refractivity contribution is -0.0720. The van der Waals surface area contributed by atoms with Crippen molar-refractivity contribution in [2.24, 2.45) is 5.92 Å². The minimum Gasteiger partial charge on any atom is -0.373 e. The van der Waals surface area contributed by atoms with Gasteiger partial charge in [0.1, 0.15) is 11.6 Å². The monoisotopic (exact) mass is 371 g/mol. The molecule has 0 saturated carbocycles. The number of hydrogen-bond donors (Lipinski definition) is 0. The highest BCUT2D eigenvalue weighted by Gasteiger charge is 2.28. The lowest BCUT2D eigenvalue weighted by Crippen LogP contribution is -2.48. The van der Waals surface area contributed by atoms with Crippen LogP contribution < -0.4 is 4.90 Å². The van der Waals surface area contributed by atoms with Crippen molar-refractivity contribution in [3.63, 3.8) is 0 Å². The van der Waals surface area contributed by atoms with Gasteiger partial charge in [-0.15, -0.1) is 5.10 Å². The summed E-state index contributed by atoms with van der Waals surface area (Å²) in [6.07, 6.45) is 4.59. The topological polar surface area (TPSA) is 65.3 Å². The molecule has 1 aromatic rings. The molecule has 0 aromatic carbocycles. The van der Waals surface area contributed by atoms with Crippen molar-refractivity contribution in [1.82, 2.24) is 15.1 Å². The van der Waals surface area contributed by atoms with Crippen LogP contribution >= 0.6 is 0 Å². The summed E-state index contributed by atoms with van der Waals surface area (Å²) in [5.74, 6) is 1.50. The number of nitrogens with zero attached hydrogens (tertiary/aromatic N) is 5. The molecule has 2 fully saturated rings. The van der Waals surface area contributed by atoms with Crippen LogP contribution in [-0.2, 0) is 17.6 Å². The Balaban J connectivity index is 1.63. The van der Waals surface area contributed by atoms with Crippen molar-refractivity contribution in [1.29, 1.82) is 5.26 Å². The summed E-state index contributed by atoms with van der Waals surface area (Å²) in [5, 5.41) is 18.6. The van der Waals surface area contributed by atoms with E-state index >= 15 is 0 Å². The molecular formula is C21H33N5O. The molecule has 148 valence electrons. The lowest BCUT2D eigenvalue weighted by atomic mass is 9.95. The molecule has 2 atom stereocenters. The summed E-state index contributed by atoms with van der Waals surface area (Å²) in [6.45, 7) is 13.6. The maximum Gasteiger partial charge on any atom is 0.169 e. The minimum atomic E-state index is 0.326. The summed E-state index contributed by atoms with van der Waals surface area (Å²) in [6, 6.07) is 2.41. The van der Waals surface area contributed by atoms with Crippen molar-refractivity contribution in [2.75, 3.05) is 37.6 Å². The smallest absolute Gasteiger partial charge is 0.169 e. The van der Waals surface area contributed by atoms with Gasteiger partial charge in [0.2, 0.25) is 0 Å². The molecule has 0 N–H and O–H groups in total. The van der Waals surface area contributed by atoms with E-state index in [1.165, 1.54) is 0 Å². The van der Waals surface area contributed by atoms with Gasteiger partial charge in [-0.2, -0.15) is 10.4 Å². The van der Waals surface area contributed by atoms with Gasteiger partial charge in [0, 0.05) is 32.7 Å². The minimum absolute atomic E-state index is 0.326. The van der Waals surface area contributed by atoms with Gasteiger partial charge >= 0.3 is 0 Å². The first-order chi connectivity index (χ1) is 13.0. The SMILES string of the molecule is CCc1nnc(N2CCC(CN3CC(C)OC(C)C3)CC2)c(C#N)c1CC. The number of hydrogen-bond acceptors (Lipinski definition) is 6. The van der Waals surface area contributed by atoms with Crippen LogP contribution in [0.1, 0.15) is 57.4 Å². The van der Waals surface area contributed by atoms with Gasteiger partial charge in [-0.3, -0.25) is 4.90 Å². The Morgan fingerprint density at radius 3 is 2.30 bits per heavy atom. The quantitative estimate of drug-likeness (QED) is 0.793. The van der Waals surface area contributed by atoms with E-state index in [0.29, 0.717) is 18.1 Å². The fourth-order valence-electron chi connectivity index (χ4n) is 4.63. The third-order valence-corrected chi connectivity index (χ3v) is 5.87. The molecule has 1 aromatic heterocycles. The van der Waals surface area contributed by atoms with Crippen molar-refractivity contribution >= 4 is 5.82 Å². The highest BCUT2D eigenvalue weighted by molar-refractivity contribution is 5.58. The van der Waals surface area contributed by atoms with Crippen molar-refractivity contribution in [3.05, 3.63) is 16.8 Å². The van der Waals surface area contributed by atoms with Crippen LogP contribution in [0.3, 0.4) is 0 Å². The highest BCUT2D eigenvalue weighted by Crippen LogP contribution is 2.28. The lowest BCUT2D eigenvalue weighted by Gasteiger charge is -2.39. The Bertz CT molecular complexity index is 668. The van der Waals surface area contributed by atoms with E-state index < -0.39 is 0 Å². The van der Waals surface area contributed by atoms with Gasteiger partial charge < -0.3 is 9.64 Å². The van der Waals surface area contributed by atoms with Gasteiger partial charge in [-0.05, 0) is 51.0 Å². The molecule has 2 aliphatic heterocycles. The zero-order valence-corrected chi connectivity index (χ0v) is 17.2. The fourth-order valence-corrected chi connectivity index (χ4v) is 4.63. The van der Waals surface area contributed by atoms with Gasteiger partial charge in [-0.25, -0.2) is 0 Å². The second-order valence-electron chi connectivity index (χ2n) is 8.05. The molecule has 3 heterocycles. The maximum absolute atomic E-state index is 9.74. The first-order valence-electron chi connectivity index (χ1n) is 10.5. The molecule has 0 amide bonds. The van der Waals surface area contributed by atoms with E-state index in [4.69, 9.17) is 4.74 Å². The van der Waals surface area contributed by atoms with Crippen LogP contribution in [0.4, 0.5) is 5.82 Å². The standard InChI is InChI=1S/C21H33N5O/c1-5-18-19(11-22)21(24-23-20(18)6-2)26-9-7-17(8-10-26)14-25-12-15(3)27-16(4)13-25/h15-17H,5-10,12-14H2,1-4H3. The number of piperidine rings is 1. The molecule has 0 spiro atoms. The largest absolute Gasteiger partial charge is 0.373 e. The molecule has 2 aliphatic rings. The summed E-state index contributed by atoms with van der Waals surface area (Å²) in [7, 11) is 0. The van der Waals surface area contributed by atoms with E-state index in [2.05, 4.69) is 53.8 Å². The third kappa shape index (κ3) is 4.59. The zero-order valence-electron chi connectivity index (χ0n) is 17.2. The molecule has 27 heavy (non-hydrogen) atoms. The predicted molar refractivity (Wildman–Crippen MR) is 107 cm³/mol. The van der Waals surface area contributed by atoms with Gasteiger partial charge in [0.25, 0.3) is 0 Å². The van der Waals surface area contributed by atoms with Crippen molar-refractivity contribution in [3.8, 4) is 6.07 Å². The first kappa shape index (κ1) is 20.0. The predicted octanol–water partition coefficient (Wildman–Crippen LogP) is 2.80. The Hall–Kier alpha value is -1.71. The van der Waals surface area contributed by atoms with E-state index in [1.807, 2.05) is 0 Å². The number of aryl methyl sites for hydroxylation is 1. The van der Waals surface area contributed by atoms with E-state index in [0.717, 1.165) is 81.0 Å². The van der Waals surface area contributed by atoms with Gasteiger partial charge in [-0.1, -0.05) is 13.8 Å². The number of aromatic nitrogens is 2. The highest BCUT2D eigenvalue weighted by atomic mass is 16.5. The molecule has 0 radical (unpaired) electrons. The van der Waals surface area contributed by atoms with E-state index in [9.17, 15) is 5.26 Å². The normalized spacial score (nSPS) is 24.8. The molecule has 6 heteroatoms. The second-order valence-corrected chi connectivity index (χ2v) is 8.05. The molecule has 6 nitrogen and oxygen atoms in total. The fraction of sp³-hybridized carbons (Fsp3) is 0.762. The van der Waals surface area contributed by atoms with Crippen LogP contribution in [0.15, 0.2) is 0 Å². The molecular weight excluding hydrogens is 338 g/mol. The number of nitriles is 1. The maximum atomic E-state index is 9.74. The van der Waals surface area contributed by atoms with Crippen LogP contribution in [-0.4, -0.2) is 60.0 Å². The van der Waals surface area contributed by atoms with E-state index in [-0.39, 0.29) is 0 Å². The van der Waals surface area contributed by atoms with Crippen molar-refractivity contribution < 1.29 is 4.74 Å². The zero-order chi connectivity index (χ0) is 19.4. The van der Waals surface area contributed by atoms with Crippen LogP contribution in [0.2, 0.25) is 0 Å². The summed E-state index contributed by atoms with van der Waals surface area (Å²) >= 11 is 0. The molecule has 3 rings (SSSR count). The van der Waals surface area contributed by atoms with Crippen LogP contribution in [0.25, 0.3) is 0 Å². The molecule has 2 saturated heterocycles. The number of ether oxygens (including phenoxy) is 1. The van der Waals surface area contributed by atoms with Gasteiger partial charge in [0.15, 0.2) is 5.82 Å². The summed E-state index contributed by atoms with van der Waals surface area (Å²) in [5.41, 5.74) is 2.77. The molecule has 0 bridgehead atoms. The second kappa shape index (κ2) is 8.99. The van der Waals surface area contributed by atoms with Crippen molar-refractivity contribution in [2.45, 2.75) is 65.6 Å². The first-order valence-corrected chi connectivity index (χ1v) is 10.5. The van der Waals surface area contributed by atoms with Gasteiger partial charge in [0.05, 0.1) is 17.9 Å². The average molecular weight is 372 g/mol. The Kier molecular flexibility index (Phi) is 6.67. The Morgan fingerprint density at radius 2 is 1.74 bits per heavy atom. The molecule has 2 unspecified atom stereocenters. The van der Waals surface area contributed by atoms with Crippen LogP contribution in [0, 0.1) is 17.2 Å². The van der Waals surface area contributed by atoms with E-state index in [1.54, 1.807) is 0 Å².